The molecule has 1 aromatic rings. The van der Waals surface area contributed by atoms with Crippen molar-refractivity contribution in [1.29, 1.82) is 0 Å². The first-order valence-electron chi connectivity index (χ1n) is 4.85. The molecule has 0 saturated heterocycles. The molecule has 1 aromatic carbocycles. The van der Waals surface area contributed by atoms with Gasteiger partial charge in [0.25, 0.3) is 0 Å². The van der Waals surface area contributed by atoms with Gasteiger partial charge in [-0.1, -0.05) is 0 Å². The van der Waals surface area contributed by atoms with Gasteiger partial charge in [0.15, 0.2) is 11.5 Å². The van der Waals surface area contributed by atoms with Crippen LogP contribution in [0, 0.1) is 0 Å². The Morgan fingerprint density at radius 3 is 2.67 bits per heavy atom. The zero-order valence-corrected chi connectivity index (χ0v) is 9.03. The van der Waals surface area contributed by atoms with Crippen molar-refractivity contribution >= 4 is 0 Å². The summed E-state index contributed by atoms with van der Waals surface area (Å²) in [5.41, 5.74) is 0. The number of ether oxygens (including phenoxy) is 3. The second kappa shape index (κ2) is 6.14. The van der Waals surface area contributed by atoms with E-state index in [2.05, 4.69) is 0 Å². The van der Waals surface area contributed by atoms with Crippen molar-refractivity contribution in [3.05, 3.63) is 18.2 Å². The topological polar surface area (TPSA) is 47.9 Å². The maximum Gasteiger partial charge on any atom is 0.164 e. The minimum absolute atomic E-state index is 0.121. The summed E-state index contributed by atoms with van der Waals surface area (Å²) in [6.07, 6.45) is 0. The molecule has 0 saturated carbocycles. The average molecular weight is 212 g/mol. The highest BCUT2D eigenvalue weighted by molar-refractivity contribution is 5.44. The molecule has 0 aliphatic rings. The lowest BCUT2D eigenvalue weighted by atomic mass is 10.3. The molecule has 1 N–H and O–H groups in total. The van der Waals surface area contributed by atoms with Crippen molar-refractivity contribution in [3.8, 4) is 17.2 Å². The Balaban J connectivity index is 2.61. The molecule has 0 amide bonds. The summed E-state index contributed by atoms with van der Waals surface area (Å²) in [7, 11) is 1.62. The van der Waals surface area contributed by atoms with Gasteiger partial charge in [-0.25, -0.2) is 0 Å². The van der Waals surface area contributed by atoms with Crippen LogP contribution < -0.4 is 9.47 Å². The SMILES string of the molecule is CCOc1cc(OCCOC)ccc1O. The highest BCUT2D eigenvalue weighted by atomic mass is 16.5. The fourth-order valence-corrected chi connectivity index (χ4v) is 1.10. The van der Waals surface area contributed by atoms with Gasteiger partial charge >= 0.3 is 0 Å². The minimum Gasteiger partial charge on any atom is -0.504 e. The lowest BCUT2D eigenvalue weighted by Crippen LogP contribution is -2.04. The summed E-state index contributed by atoms with van der Waals surface area (Å²) in [5.74, 6) is 1.22. The van der Waals surface area contributed by atoms with Gasteiger partial charge in [0, 0.05) is 13.2 Å². The van der Waals surface area contributed by atoms with E-state index in [4.69, 9.17) is 14.2 Å². The molecule has 15 heavy (non-hydrogen) atoms. The molecule has 4 nitrogen and oxygen atoms in total. The van der Waals surface area contributed by atoms with E-state index in [1.807, 2.05) is 6.92 Å². The molecule has 0 bridgehead atoms. The number of phenolic OH excluding ortho intramolecular Hbond substituents is 1. The van der Waals surface area contributed by atoms with Crippen molar-refractivity contribution in [3.63, 3.8) is 0 Å². The van der Waals surface area contributed by atoms with Gasteiger partial charge < -0.3 is 19.3 Å². The predicted molar refractivity (Wildman–Crippen MR) is 56.6 cm³/mol. The lowest BCUT2D eigenvalue weighted by Gasteiger charge is -2.09. The third-order valence-electron chi connectivity index (χ3n) is 1.79. The first-order valence-corrected chi connectivity index (χ1v) is 4.85. The Labute approximate surface area is 89.4 Å². The molecule has 0 aromatic heterocycles. The van der Waals surface area contributed by atoms with Gasteiger partial charge in [-0.3, -0.25) is 0 Å². The molecule has 1 rings (SSSR count). The second-order valence-electron chi connectivity index (χ2n) is 2.90. The van der Waals surface area contributed by atoms with E-state index in [1.54, 1.807) is 25.3 Å². The van der Waals surface area contributed by atoms with E-state index in [9.17, 15) is 5.11 Å². The van der Waals surface area contributed by atoms with Gasteiger partial charge in [0.05, 0.1) is 13.2 Å². The van der Waals surface area contributed by atoms with Crippen LogP contribution in [0.25, 0.3) is 0 Å². The van der Waals surface area contributed by atoms with Gasteiger partial charge in [0.2, 0.25) is 0 Å². The Bertz CT molecular complexity index is 299. The molecule has 4 heteroatoms. The monoisotopic (exact) mass is 212 g/mol. The van der Waals surface area contributed by atoms with E-state index in [0.717, 1.165) is 0 Å². The Morgan fingerprint density at radius 2 is 2.00 bits per heavy atom. The first-order chi connectivity index (χ1) is 7.27. The summed E-state index contributed by atoms with van der Waals surface area (Å²) in [4.78, 5) is 0. The maximum absolute atomic E-state index is 9.43. The van der Waals surface area contributed by atoms with Gasteiger partial charge in [-0.05, 0) is 19.1 Å². The molecule has 0 fully saturated rings. The van der Waals surface area contributed by atoms with Crippen LogP contribution in [0.1, 0.15) is 6.92 Å². The van der Waals surface area contributed by atoms with Crippen molar-refractivity contribution in [2.75, 3.05) is 26.9 Å². The second-order valence-corrected chi connectivity index (χ2v) is 2.90. The number of hydrogen-bond acceptors (Lipinski definition) is 4. The average Bonchev–Trinajstić information content (AvgIpc) is 2.23. The van der Waals surface area contributed by atoms with E-state index in [-0.39, 0.29) is 5.75 Å². The fraction of sp³-hybridized carbons (Fsp3) is 0.455. The Hall–Kier alpha value is -1.42. The van der Waals surface area contributed by atoms with Crippen LogP contribution in [0.4, 0.5) is 0 Å². The molecule has 0 radical (unpaired) electrons. The molecule has 0 unspecified atom stereocenters. The van der Waals surface area contributed by atoms with Crippen LogP contribution >= 0.6 is 0 Å². The van der Waals surface area contributed by atoms with Crippen molar-refractivity contribution in [2.24, 2.45) is 0 Å². The van der Waals surface area contributed by atoms with E-state index >= 15 is 0 Å². The third-order valence-corrected chi connectivity index (χ3v) is 1.79. The summed E-state index contributed by atoms with van der Waals surface area (Å²) in [6.45, 7) is 3.38. The number of hydrogen-bond donors (Lipinski definition) is 1. The normalized spacial score (nSPS) is 10.0. The molecule has 0 aliphatic carbocycles. The Morgan fingerprint density at radius 1 is 1.20 bits per heavy atom. The van der Waals surface area contributed by atoms with Crippen LogP contribution in [-0.4, -0.2) is 32.0 Å². The zero-order valence-electron chi connectivity index (χ0n) is 9.03. The number of aromatic hydroxyl groups is 1. The van der Waals surface area contributed by atoms with E-state index in [0.29, 0.717) is 31.3 Å². The number of phenols is 1. The van der Waals surface area contributed by atoms with Crippen LogP contribution in [0.5, 0.6) is 17.2 Å². The highest BCUT2D eigenvalue weighted by Gasteiger charge is 2.03. The predicted octanol–water partition coefficient (Wildman–Crippen LogP) is 1.82. The van der Waals surface area contributed by atoms with Crippen LogP contribution in [0.2, 0.25) is 0 Å². The quantitative estimate of drug-likeness (QED) is 0.731. The van der Waals surface area contributed by atoms with Crippen LogP contribution in [-0.2, 0) is 4.74 Å². The number of methoxy groups -OCH3 is 1. The molecule has 0 atom stereocenters. The zero-order chi connectivity index (χ0) is 11.1. The minimum atomic E-state index is 0.121. The summed E-state index contributed by atoms with van der Waals surface area (Å²) >= 11 is 0. The standard InChI is InChI=1S/C11H16O4/c1-3-14-11-8-9(4-5-10(11)12)15-7-6-13-2/h4-5,8,12H,3,6-7H2,1-2H3. The summed E-state index contributed by atoms with van der Waals surface area (Å²) < 4.78 is 15.5. The fourth-order valence-electron chi connectivity index (χ4n) is 1.10. The Kier molecular flexibility index (Phi) is 4.77. The van der Waals surface area contributed by atoms with Crippen LogP contribution in [0.15, 0.2) is 18.2 Å². The molecule has 0 heterocycles. The third kappa shape index (κ3) is 3.67. The van der Waals surface area contributed by atoms with Gasteiger partial charge in [-0.2, -0.15) is 0 Å². The van der Waals surface area contributed by atoms with E-state index < -0.39 is 0 Å². The molecular formula is C11H16O4. The summed E-state index contributed by atoms with van der Waals surface area (Å²) in [6, 6.07) is 4.90. The maximum atomic E-state index is 9.43. The van der Waals surface area contributed by atoms with Crippen LogP contribution in [0.3, 0.4) is 0 Å². The van der Waals surface area contributed by atoms with E-state index in [1.165, 1.54) is 0 Å². The van der Waals surface area contributed by atoms with Gasteiger partial charge in [-0.15, -0.1) is 0 Å². The van der Waals surface area contributed by atoms with Crippen molar-refractivity contribution < 1.29 is 19.3 Å². The number of benzene rings is 1. The smallest absolute Gasteiger partial charge is 0.164 e. The molecular weight excluding hydrogens is 196 g/mol. The lowest BCUT2D eigenvalue weighted by molar-refractivity contribution is 0.146. The molecule has 0 aliphatic heterocycles. The number of rotatable bonds is 6. The summed E-state index contributed by atoms with van der Waals surface area (Å²) in [5, 5.41) is 9.43. The highest BCUT2D eigenvalue weighted by Crippen LogP contribution is 2.30. The largest absolute Gasteiger partial charge is 0.504 e. The molecule has 84 valence electrons. The first kappa shape index (κ1) is 11.7. The molecule has 0 spiro atoms. The van der Waals surface area contributed by atoms with Gasteiger partial charge in [0.1, 0.15) is 12.4 Å². The van der Waals surface area contributed by atoms with Crippen molar-refractivity contribution in [2.45, 2.75) is 6.92 Å². The van der Waals surface area contributed by atoms with Crippen molar-refractivity contribution in [1.82, 2.24) is 0 Å².